The highest BCUT2D eigenvalue weighted by Gasteiger charge is 2.09. The summed E-state index contributed by atoms with van der Waals surface area (Å²) in [4.78, 5) is 16.0. The van der Waals surface area contributed by atoms with Gasteiger partial charge in [0, 0.05) is 11.9 Å². The van der Waals surface area contributed by atoms with E-state index in [-0.39, 0.29) is 11.7 Å². The number of benzene rings is 1. The SMILES string of the molecule is CCCCCc1ccc(NC(=O)c2cccnc2N)cc1. The minimum absolute atomic E-state index is 0.237. The third-order valence-electron chi connectivity index (χ3n) is 3.36. The molecule has 0 saturated carbocycles. The molecule has 0 atom stereocenters. The van der Waals surface area contributed by atoms with Crippen LogP contribution in [0.25, 0.3) is 0 Å². The number of rotatable bonds is 6. The van der Waals surface area contributed by atoms with Crippen LogP contribution >= 0.6 is 0 Å². The van der Waals surface area contributed by atoms with Crippen LogP contribution in [-0.2, 0) is 6.42 Å². The molecule has 4 heteroatoms. The van der Waals surface area contributed by atoms with E-state index >= 15 is 0 Å². The second-order valence-electron chi connectivity index (χ2n) is 5.04. The molecule has 1 amide bonds. The van der Waals surface area contributed by atoms with E-state index < -0.39 is 0 Å². The van der Waals surface area contributed by atoms with Crippen molar-refractivity contribution in [2.45, 2.75) is 32.6 Å². The van der Waals surface area contributed by atoms with Crippen molar-refractivity contribution in [3.8, 4) is 0 Å². The lowest BCUT2D eigenvalue weighted by molar-refractivity contribution is 0.102. The highest BCUT2D eigenvalue weighted by atomic mass is 16.1. The lowest BCUT2D eigenvalue weighted by Gasteiger charge is -2.08. The summed E-state index contributed by atoms with van der Waals surface area (Å²) in [6.07, 6.45) is 6.32. The monoisotopic (exact) mass is 283 g/mol. The van der Waals surface area contributed by atoms with Crippen LogP contribution in [0.3, 0.4) is 0 Å². The predicted octanol–water partition coefficient (Wildman–Crippen LogP) is 3.65. The number of pyridine rings is 1. The maximum Gasteiger partial charge on any atom is 0.259 e. The number of nitrogens with two attached hydrogens (primary N) is 1. The number of nitrogens with one attached hydrogen (secondary N) is 1. The second-order valence-corrected chi connectivity index (χ2v) is 5.04. The Bertz CT molecular complexity index is 593. The number of anilines is 2. The molecule has 0 aliphatic heterocycles. The van der Waals surface area contributed by atoms with Crippen LogP contribution in [0.5, 0.6) is 0 Å². The maximum absolute atomic E-state index is 12.1. The largest absolute Gasteiger partial charge is 0.383 e. The van der Waals surface area contributed by atoms with Crippen molar-refractivity contribution in [2.75, 3.05) is 11.1 Å². The van der Waals surface area contributed by atoms with Gasteiger partial charge in [-0.15, -0.1) is 0 Å². The molecule has 1 aromatic carbocycles. The molecule has 1 aromatic heterocycles. The van der Waals surface area contributed by atoms with Gasteiger partial charge in [0.1, 0.15) is 5.82 Å². The third-order valence-corrected chi connectivity index (χ3v) is 3.36. The molecule has 2 rings (SSSR count). The summed E-state index contributed by atoms with van der Waals surface area (Å²) in [6, 6.07) is 11.3. The zero-order valence-corrected chi connectivity index (χ0v) is 12.3. The molecule has 21 heavy (non-hydrogen) atoms. The Kier molecular flexibility index (Phi) is 5.32. The van der Waals surface area contributed by atoms with Gasteiger partial charge in [-0.25, -0.2) is 4.98 Å². The van der Waals surface area contributed by atoms with Crippen LogP contribution in [0.1, 0.15) is 42.1 Å². The van der Waals surface area contributed by atoms with E-state index in [0.29, 0.717) is 5.56 Å². The summed E-state index contributed by atoms with van der Waals surface area (Å²) >= 11 is 0. The fraction of sp³-hybridized carbons (Fsp3) is 0.294. The molecule has 0 saturated heterocycles. The number of aromatic nitrogens is 1. The summed E-state index contributed by atoms with van der Waals surface area (Å²) < 4.78 is 0. The summed E-state index contributed by atoms with van der Waals surface area (Å²) in [5.41, 5.74) is 8.15. The topological polar surface area (TPSA) is 68.0 Å². The first-order valence-corrected chi connectivity index (χ1v) is 7.31. The number of nitrogen functional groups attached to an aromatic ring is 1. The van der Waals surface area contributed by atoms with E-state index in [9.17, 15) is 4.79 Å². The van der Waals surface area contributed by atoms with Crippen molar-refractivity contribution in [3.63, 3.8) is 0 Å². The molecule has 4 nitrogen and oxygen atoms in total. The van der Waals surface area contributed by atoms with Crippen LogP contribution in [-0.4, -0.2) is 10.9 Å². The molecular weight excluding hydrogens is 262 g/mol. The van der Waals surface area contributed by atoms with E-state index in [0.717, 1.165) is 12.1 Å². The van der Waals surface area contributed by atoms with Crippen molar-refractivity contribution in [1.82, 2.24) is 4.98 Å². The van der Waals surface area contributed by atoms with Crippen LogP contribution < -0.4 is 11.1 Å². The van der Waals surface area contributed by atoms with Crippen LogP contribution in [0, 0.1) is 0 Å². The summed E-state index contributed by atoms with van der Waals surface area (Å²) in [5.74, 6) is 0.00511. The number of amides is 1. The molecule has 0 radical (unpaired) electrons. The van der Waals surface area contributed by atoms with Crippen molar-refractivity contribution >= 4 is 17.4 Å². The molecule has 0 bridgehead atoms. The Balaban J connectivity index is 1.97. The zero-order chi connectivity index (χ0) is 15.1. The van der Waals surface area contributed by atoms with Gasteiger partial charge in [0.25, 0.3) is 5.91 Å². The van der Waals surface area contributed by atoms with E-state index in [2.05, 4.69) is 29.4 Å². The molecule has 0 spiro atoms. The normalized spacial score (nSPS) is 10.3. The van der Waals surface area contributed by atoms with Crippen molar-refractivity contribution < 1.29 is 4.79 Å². The van der Waals surface area contributed by atoms with E-state index in [1.165, 1.54) is 24.8 Å². The molecule has 0 aliphatic carbocycles. The first-order valence-electron chi connectivity index (χ1n) is 7.31. The quantitative estimate of drug-likeness (QED) is 0.795. The zero-order valence-electron chi connectivity index (χ0n) is 12.3. The number of nitrogens with zero attached hydrogens (tertiary/aromatic N) is 1. The molecule has 2 aromatic rings. The smallest absolute Gasteiger partial charge is 0.259 e. The van der Waals surface area contributed by atoms with Crippen LogP contribution in [0.2, 0.25) is 0 Å². The molecule has 110 valence electrons. The Morgan fingerprint density at radius 2 is 1.95 bits per heavy atom. The van der Waals surface area contributed by atoms with E-state index in [4.69, 9.17) is 5.73 Å². The van der Waals surface area contributed by atoms with Crippen molar-refractivity contribution in [1.29, 1.82) is 0 Å². The lowest BCUT2D eigenvalue weighted by atomic mass is 10.1. The van der Waals surface area contributed by atoms with Gasteiger partial charge in [0.15, 0.2) is 0 Å². The molecule has 0 unspecified atom stereocenters. The van der Waals surface area contributed by atoms with Crippen molar-refractivity contribution in [2.24, 2.45) is 0 Å². The predicted molar refractivity (Wildman–Crippen MR) is 86.3 cm³/mol. The number of carbonyl (C=O) groups excluding carboxylic acids is 1. The Morgan fingerprint density at radius 1 is 1.19 bits per heavy atom. The minimum Gasteiger partial charge on any atom is -0.383 e. The fourth-order valence-corrected chi connectivity index (χ4v) is 2.14. The molecular formula is C17H21N3O. The number of unbranched alkanes of at least 4 members (excludes halogenated alkanes) is 2. The van der Waals surface area contributed by atoms with E-state index in [1.54, 1.807) is 18.3 Å². The van der Waals surface area contributed by atoms with Gasteiger partial charge in [-0.3, -0.25) is 4.79 Å². The maximum atomic E-state index is 12.1. The number of hydrogen-bond donors (Lipinski definition) is 2. The third kappa shape index (κ3) is 4.31. The molecule has 0 fully saturated rings. The lowest BCUT2D eigenvalue weighted by Crippen LogP contribution is -2.14. The van der Waals surface area contributed by atoms with Gasteiger partial charge >= 0.3 is 0 Å². The van der Waals surface area contributed by atoms with Gasteiger partial charge in [-0.05, 0) is 42.7 Å². The standard InChI is InChI=1S/C17H21N3O/c1-2-3-4-6-13-8-10-14(11-9-13)20-17(21)15-7-5-12-19-16(15)18/h5,7-12H,2-4,6H2,1H3,(H2,18,19)(H,20,21). The summed E-state index contributed by atoms with van der Waals surface area (Å²) in [7, 11) is 0. The average Bonchev–Trinajstić information content (AvgIpc) is 2.49. The molecule has 0 aliphatic rings. The average molecular weight is 283 g/mol. The molecule has 1 heterocycles. The van der Waals surface area contributed by atoms with E-state index in [1.807, 2.05) is 12.1 Å². The number of aryl methyl sites for hydroxylation is 1. The fourth-order valence-electron chi connectivity index (χ4n) is 2.14. The highest BCUT2D eigenvalue weighted by molar-refractivity contribution is 6.07. The Labute approximate surface area is 125 Å². The van der Waals surface area contributed by atoms with Gasteiger partial charge in [-0.1, -0.05) is 31.9 Å². The Hall–Kier alpha value is -2.36. The Morgan fingerprint density at radius 3 is 2.62 bits per heavy atom. The highest BCUT2D eigenvalue weighted by Crippen LogP contribution is 2.15. The van der Waals surface area contributed by atoms with Crippen LogP contribution in [0.15, 0.2) is 42.6 Å². The first-order chi connectivity index (χ1) is 10.2. The van der Waals surface area contributed by atoms with Gasteiger partial charge in [-0.2, -0.15) is 0 Å². The molecule has 3 N–H and O–H groups in total. The van der Waals surface area contributed by atoms with Gasteiger partial charge in [0.05, 0.1) is 5.56 Å². The van der Waals surface area contributed by atoms with Crippen molar-refractivity contribution in [3.05, 3.63) is 53.7 Å². The van der Waals surface area contributed by atoms with Crippen LogP contribution in [0.4, 0.5) is 11.5 Å². The van der Waals surface area contributed by atoms with Gasteiger partial charge in [0.2, 0.25) is 0 Å². The second kappa shape index (κ2) is 7.43. The number of carbonyl (C=O) groups is 1. The first kappa shape index (κ1) is 15.0. The van der Waals surface area contributed by atoms with Gasteiger partial charge < -0.3 is 11.1 Å². The number of hydrogen-bond acceptors (Lipinski definition) is 3. The minimum atomic E-state index is -0.237. The summed E-state index contributed by atoms with van der Waals surface area (Å²) in [6.45, 7) is 2.20. The summed E-state index contributed by atoms with van der Waals surface area (Å²) in [5, 5.41) is 2.83.